The van der Waals surface area contributed by atoms with Crippen LogP contribution in [0, 0.1) is 17.0 Å². The summed E-state index contributed by atoms with van der Waals surface area (Å²) in [5, 5.41) is 14.5. The molecule has 0 radical (unpaired) electrons. The van der Waals surface area contributed by atoms with Crippen LogP contribution in [-0.4, -0.2) is 23.4 Å². The molecule has 1 amide bonds. The van der Waals surface area contributed by atoms with Crippen LogP contribution in [0.1, 0.15) is 34.5 Å². The number of nitrogens with zero attached hydrogens (tertiary/aromatic N) is 1. The van der Waals surface area contributed by atoms with E-state index in [-0.39, 0.29) is 11.3 Å². The number of nitro benzene ring substituents is 1. The number of ether oxygens (including phenoxy) is 1. The molecule has 0 fully saturated rings. The third-order valence-corrected chi connectivity index (χ3v) is 4.55. The molecule has 1 atom stereocenters. The fourth-order valence-electron chi connectivity index (χ4n) is 2.42. The lowest BCUT2D eigenvalue weighted by molar-refractivity contribution is -0.385. The lowest BCUT2D eigenvalue weighted by Crippen LogP contribution is -2.31. The number of carbonyl (C=O) groups excluding carboxylic acids is 2. The molecule has 0 aliphatic heterocycles. The van der Waals surface area contributed by atoms with Gasteiger partial charge in [-0.05, 0) is 37.1 Å². The van der Waals surface area contributed by atoms with Crippen LogP contribution in [0.4, 0.5) is 5.69 Å². The number of rotatable bonds is 6. The number of nitrogens with one attached hydrogen (secondary N) is 1. The number of hydrogen-bond acceptors (Lipinski definition) is 5. The zero-order valence-corrected chi connectivity index (χ0v) is 16.0. The number of amides is 1. The van der Waals surface area contributed by atoms with Gasteiger partial charge < -0.3 is 10.1 Å². The van der Waals surface area contributed by atoms with Crippen LogP contribution in [0.2, 0.25) is 10.0 Å². The maximum absolute atomic E-state index is 12.2. The molecule has 2 aromatic carbocycles. The summed E-state index contributed by atoms with van der Waals surface area (Å²) < 4.78 is 4.94. The Kier molecular flexibility index (Phi) is 6.76. The average Bonchev–Trinajstić information content (AvgIpc) is 2.61. The van der Waals surface area contributed by atoms with Crippen LogP contribution in [0.15, 0.2) is 36.4 Å². The van der Waals surface area contributed by atoms with E-state index in [4.69, 9.17) is 27.9 Å². The molecule has 9 heteroatoms. The summed E-state index contributed by atoms with van der Waals surface area (Å²) in [4.78, 5) is 34.6. The number of halogens is 2. The van der Waals surface area contributed by atoms with E-state index >= 15 is 0 Å². The monoisotopic (exact) mass is 410 g/mol. The minimum atomic E-state index is -0.933. The van der Waals surface area contributed by atoms with Gasteiger partial charge in [-0.2, -0.15) is 0 Å². The minimum absolute atomic E-state index is 0.173. The second kappa shape index (κ2) is 8.83. The predicted molar refractivity (Wildman–Crippen MR) is 101 cm³/mol. The maximum Gasteiger partial charge on any atom is 0.345 e. The van der Waals surface area contributed by atoms with Crippen molar-refractivity contribution >= 4 is 40.8 Å². The lowest BCUT2D eigenvalue weighted by atomic mass is 10.1. The van der Waals surface area contributed by atoms with Gasteiger partial charge in [-0.25, -0.2) is 4.79 Å². The van der Waals surface area contributed by atoms with E-state index in [1.807, 2.05) is 0 Å². The van der Waals surface area contributed by atoms with Crippen molar-refractivity contribution in [1.29, 1.82) is 0 Å². The van der Waals surface area contributed by atoms with E-state index < -0.39 is 29.4 Å². The standard InChI is InChI=1S/C18H16Cl2N2O5/c1-10-4-3-5-15(22(25)26)17(10)18(24)27-9-16(23)21-11(2)12-6-7-13(19)14(20)8-12/h3-8,11H,9H2,1-2H3,(H,21,23). The molecular formula is C18H16Cl2N2O5. The van der Waals surface area contributed by atoms with Gasteiger partial charge in [-0.1, -0.05) is 41.4 Å². The molecule has 0 saturated heterocycles. The summed E-state index contributed by atoms with van der Waals surface area (Å²) in [5.74, 6) is -1.49. The number of hydrogen-bond donors (Lipinski definition) is 1. The number of esters is 1. The zero-order chi connectivity index (χ0) is 20.1. The second-order valence-electron chi connectivity index (χ2n) is 5.77. The van der Waals surface area contributed by atoms with Gasteiger partial charge in [-0.15, -0.1) is 0 Å². The van der Waals surface area contributed by atoms with Crippen LogP contribution in [0.5, 0.6) is 0 Å². The van der Waals surface area contributed by atoms with Crippen molar-refractivity contribution in [2.75, 3.05) is 6.61 Å². The Morgan fingerprint density at radius 2 is 1.93 bits per heavy atom. The highest BCUT2D eigenvalue weighted by molar-refractivity contribution is 6.42. The highest BCUT2D eigenvalue weighted by Gasteiger charge is 2.24. The largest absolute Gasteiger partial charge is 0.452 e. The first-order valence-electron chi connectivity index (χ1n) is 7.86. The van der Waals surface area contributed by atoms with E-state index in [1.165, 1.54) is 12.1 Å². The zero-order valence-electron chi connectivity index (χ0n) is 14.5. The van der Waals surface area contributed by atoms with Crippen LogP contribution in [0.25, 0.3) is 0 Å². The van der Waals surface area contributed by atoms with E-state index in [0.29, 0.717) is 15.6 Å². The molecule has 0 aromatic heterocycles. The molecule has 27 heavy (non-hydrogen) atoms. The third kappa shape index (κ3) is 5.18. The first-order chi connectivity index (χ1) is 12.7. The normalized spacial score (nSPS) is 11.6. The third-order valence-electron chi connectivity index (χ3n) is 3.81. The molecule has 0 aliphatic rings. The van der Waals surface area contributed by atoms with Gasteiger partial charge >= 0.3 is 5.97 Å². The van der Waals surface area contributed by atoms with Crippen molar-refractivity contribution in [3.05, 3.63) is 73.2 Å². The van der Waals surface area contributed by atoms with E-state index in [2.05, 4.69) is 5.32 Å². The van der Waals surface area contributed by atoms with Crippen molar-refractivity contribution < 1.29 is 19.2 Å². The molecule has 0 aliphatic carbocycles. The molecule has 0 saturated carbocycles. The Labute approximate surface area is 165 Å². The van der Waals surface area contributed by atoms with Crippen LogP contribution >= 0.6 is 23.2 Å². The summed E-state index contributed by atoms with van der Waals surface area (Å²) in [6, 6.07) is 8.76. The van der Waals surface area contributed by atoms with Gasteiger partial charge in [0.25, 0.3) is 11.6 Å². The topological polar surface area (TPSA) is 98.5 Å². The molecule has 142 valence electrons. The van der Waals surface area contributed by atoms with Crippen molar-refractivity contribution in [3.8, 4) is 0 Å². The molecule has 1 N–H and O–H groups in total. The Bertz CT molecular complexity index is 901. The number of carbonyl (C=O) groups is 2. The molecule has 2 aromatic rings. The predicted octanol–water partition coefficient (Wildman–Crippen LogP) is 4.24. The number of aryl methyl sites for hydroxylation is 1. The van der Waals surface area contributed by atoms with Gasteiger partial charge in [0.1, 0.15) is 5.56 Å². The first kappa shape index (κ1) is 20.7. The lowest BCUT2D eigenvalue weighted by Gasteiger charge is -2.15. The van der Waals surface area contributed by atoms with Gasteiger partial charge in [0, 0.05) is 6.07 Å². The Hall–Kier alpha value is -2.64. The SMILES string of the molecule is Cc1cccc([N+](=O)[O-])c1C(=O)OCC(=O)NC(C)c1ccc(Cl)c(Cl)c1. The fraction of sp³-hybridized carbons (Fsp3) is 0.222. The maximum atomic E-state index is 12.2. The molecule has 7 nitrogen and oxygen atoms in total. The molecule has 0 bridgehead atoms. The Morgan fingerprint density at radius 3 is 2.56 bits per heavy atom. The van der Waals surface area contributed by atoms with E-state index in [9.17, 15) is 19.7 Å². The van der Waals surface area contributed by atoms with Gasteiger partial charge in [0.15, 0.2) is 6.61 Å². The number of benzene rings is 2. The van der Waals surface area contributed by atoms with Crippen LogP contribution in [0.3, 0.4) is 0 Å². The smallest absolute Gasteiger partial charge is 0.345 e. The fourth-order valence-corrected chi connectivity index (χ4v) is 2.73. The van der Waals surface area contributed by atoms with Crippen molar-refractivity contribution in [3.63, 3.8) is 0 Å². The summed E-state index contributed by atoms with van der Waals surface area (Å²) in [7, 11) is 0. The van der Waals surface area contributed by atoms with Crippen molar-refractivity contribution in [2.24, 2.45) is 0 Å². The molecule has 0 spiro atoms. The average molecular weight is 411 g/mol. The highest BCUT2D eigenvalue weighted by atomic mass is 35.5. The van der Waals surface area contributed by atoms with Gasteiger partial charge in [0.2, 0.25) is 0 Å². The second-order valence-corrected chi connectivity index (χ2v) is 6.58. The van der Waals surface area contributed by atoms with E-state index in [1.54, 1.807) is 38.1 Å². The quantitative estimate of drug-likeness (QED) is 0.436. The molecule has 2 rings (SSSR count). The Balaban J connectivity index is 2.00. The highest BCUT2D eigenvalue weighted by Crippen LogP contribution is 2.25. The van der Waals surface area contributed by atoms with Crippen molar-refractivity contribution in [2.45, 2.75) is 19.9 Å². The summed E-state index contributed by atoms with van der Waals surface area (Å²) in [5.41, 5.74) is 0.565. The summed E-state index contributed by atoms with van der Waals surface area (Å²) in [6.45, 7) is 2.71. The molecular weight excluding hydrogens is 395 g/mol. The molecule has 0 heterocycles. The van der Waals surface area contributed by atoms with E-state index in [0.717, 1.165) is 5.56 Å². The van der Waals surface area contributed by atoms with Crippen LogP contribution in [-0.2, 0) is 9.53 Å². The summed E-state index contributed by atoms with van der Waals surface area (Å²) in [6.07, 6.45) is 0. The molecule has 1 unspecified atom stereocenters. The van der Waals surface area contributed by atoms with Gasteiger partial charge in [0.05, 0.1) is 21.0 Å². The minimum Gasteiger partial charge on any atom is -0.452 e. The van der Waals surface area contributed by atoms with Gasteiger partial charge in [-0.3, -0.25) is 14.9 Å². The number of nitro groups is 1. The van der Waals surface area contributed by atoms with Crippen LogP contribution < -0.4 is 5.32 Å². The Morgan fingerprint density at radius 1 is 1.22 bits per heavy atom. The summed E-state index contributed by atoms with van der Waals surface area (Å²) >= 11 is 11.8. The van der Waals surface area contributed by atoms with Crippen molar-refractivity contribution in [1.82, 2.24) is 5.32 Å². The first-order valence-corrected chi connectivity index (χ1v) is 8.61.